The Labute approximate surface area is 144 Å². The van der Waals surface area contributed by atoms with Crippen molar-refractivity contribution in [2.24, 2.45) is 13.0 Å². The van der Waals surface area contributed by atoms with Crippen LogP contribution in [0.15, 0.2) is 17.6 Å². The molecule has 24 heavy (non-hydrogen) atoms. The molecule has 7 heteroatoms. The summed E-state index contributed by atoms with van der Waals surface area (Å²) in [7, 11) is 1.57. The molecule has 1 unspecified atom stereocenters. The van der Waals surface area contributed by atoms with Crippen molar-refractivity contribution in [3.63, 3.8) is 0 Å². The Morgan fingerprint density at radius 3 is 2.71 bits per heavy atom. The Morgan fingerprint density at radius 2 is 2.08 bits per heavy atom. The van der Waals surface area contributed by atoms with E-state index in [9.17, 15) is 13.6 Å². The minimum absolute atomic E-state index is 0.110. The minimum Gasteiger partial charge on any atom is -0.325 e. The molecule has 0 radical (unpaired) electrons. The average Bonchev–Trinajstić information content (AvgIpc) is 3.04. The Bertz CT molecular complexity index is 694. The van der Waals surface area contributed by atoms with Crippen LogP contribution in [-0.2, 0) is 18.3 Å². The lowest BCUT2D eigenvalue weighted by molar-refractivity contribution is -0.115. The highest BCUT2D eigenvalue weighted by Crippen LogP contribution is 2.34. The fraction of sp³-hybridized carbons (Fsp3) is 0.529. The second-order valence-corrected chi connectivity index (χ2v) is 7.42. The molecule has 132 valence electrons. The fourth-order valence-electron chi connectivity index (χ4n) is 2.86. The molecule has 0 aliphatic rings. The third-order valence-corrected chi connectivity index (χ3v) is 4.89. The van der Waals surface area contributed by atoms with Gasteiger partial charge in [0.15, 0.2) is 0 Å². The number of carbonyl (C=O) groups excluding carboxylic acids is 1. The SMILES string of the molecule is CC(C)CC(C)c1sccc1NC(=O)Cc1cn(C)nc1C(F)F. The first kappa shape index (κ1) is 18.6. The second-order valence-electron chi connectivity index (χ2n) is 6.47. The van der Waals surface area contributed by atoms with Crippen LogP contribution in [0.5, 0.6) is 0 Å². The highest BCUT2D eigenvalue weighted by Gasteiger charge is 2.21. The summed E-state index contributed by atoms with van der Waals surface area (Å²) >= 11 is 1.61. The van der Waals surface area contributed by atoms with Crippen molar-refractivity contribution in [2.45, 2.75) is 46.0 Å². The number of nitrogens with zero attached hydrogens (tertiary/aromatic N) is 2. The standard InChI is InChI=1S/C17H23F2N3OS/c1-10(2)7-11(3)16-13(5-6-24-16)20-14(23)8-12-9-22(4)21-15(12)17(18)19/h5-6,9-11,17H,7-8H2,1-4H3,(H,20,23). The molecule has 4 nitrogen and oxygen atoms in total. The largest absolute Gasteiger partial charge is 0.325 e. The number of hydrogen-bond donors (Lipinski definition) is 1. The first-order chi connectivity index (χ1) is 11.3. The van der Waals surface area contributed by atoms with E-state index < -0.39 is 6.43 Å². The third-order valence-electron chi connectivity index (χ3n) is 3.74. The van der Waals surface area contributed by atoms with Crippen molar-refractivity contribution in [1.29, 1.82) is 0 Å². The fourth-order valence-corrected chi connectivity index (χ4v) is 3.79. The summed E-state index contributed by atoms with van der Waals surface area (Å²) in [6.07, 6.45) is -0.295. The monoisotopic (exact) mass is 355 g/mol. The van der Waals surface area contributed by atoms with Crippen LogP contribution < -0.4 is 5.32 Å². The van der Waals surface area contributed by atoms with Gasteiger partial charge in [0.1, 0.15) is 5.69 Å². The number of aryl methyl sites for hydroxylation is 1. The molecule has 2 heterocycles. The van der Waals surface area contributed by atoms with E-state index in [0.29, 0.717) is 11.8 Å². The molecule has 0 spiro atoms. The van der Waals surface area contributed by atoms with E-state index in [1.54, 1.807) is 18.4 Å². The number of nitrogens with one attached hydrogen (secondary N) is 1. The molecule has 0 aliphatic carbocycles. The number of alkyl halides is 2. The molecule has 0 aliphatic heterocycles. The van der Waals surface area contributed by atoms with E-state index in [1.165, 1.54) is 10.9 Å². The summed E-state index contributed by atoms with van der Waals surface area (Å²) in [6.45, 7) is 6.46. The van der Waals surface area contributed by atoms with Crippen LogP contribution >= 0.6 is 11.3 Å². The van der Waals surface area contributed by atoms with Crippen LogP contribution in [0.2, 0.25) is 0 Å². The molecule has 1 N–H and O–H groups in total. The van der Waals surface area contributed by atoms with Gasteiger partial charge in [-0.3, -0.25) is 9.48 Å². The Balaban J connectivity index is 2.07. The third kappa shape index (κ3) is 4.63. The van der Waals surface area contributed by atoms with E-state index >= 15 is 0 Å². The highest BCUT2D eigenvalue weighted by molar-refractivity contribution is 7.10. The first-order valence-corrected chi connectivity index (χ1v) is 8.83. The van der Waals surface area contributed by atoms with Gasteiger partial charge >= 0.3 is 0 Å². The topological polar surface area (TPSA) is 46.9 Å². The lowest BCUT2D eigenvalue weighted by Crippen LogP contribution is -2.16. The van der Waals surface area contributed by atoms with Crippen LogP contribution in [0.1, 0.15) is 55.7 Å². The van der Waals surface area contributed by atoms with E-state index in [4.69, 9.17) is 0 Å². The lowest BCUT2D eigenvalue weighted by atomic mass is 9.97. The van der Waals surface area contributed by atoms with Crippen molar-refractivity contribution in [1.82, 2.24) is 9.78 Å². The number of hydrogen-bond acceptors (Lipinski definition) is 3. The second kappa shape index (κ2) is 7.88. The number of halogens is 2. The van der Waals surface area contributed by atoms with Gasteiger partial charge in [-0.25, -0.2) is 8.78 Å². The molecule has 0 aromatic carbocycles. The molecule has 2 aromatic rings. The van der Waals surface area contributed by atoms with Crippen LogP contribution in [-0.4, -0.2) is 15.7 Å². The van der Waals surface area contributed by atoms with E-state index in [0.717, 1.165) is 17.0 Å². The van der Waals surface area contributed by atoms with Gasteiger partial charge in [-0.2, -0.15) is 5.10 Å². The van der Waals surface area contributed by atoms with Crippen LogP contribution in [0.25, 0.3) is 0 Å². The predicted molar refractivity (Wildman–Crippen MR) is 92.7 cm³/mol. The van der Waals surface area contributed by atoms with E-state index in [1.807, 2.05) is 11.4 Å². The van der Waals surface area contributed by atoms with Gasteiger partial charge in [0, 0.05) is 23.7 Å². The number of anilines is 1. The van der Waals surface area contributed by atoms with Crippen molar-refractivity contribution < 1.29 is 13.6 Å². The van der Waals surface area contributed by atoms with Crippen LogP contribution in [0, 0.1) is 5.92 Å². The maximum absolute atomic E-state index is 13.0. The van der Waals surface area contributed by atoms with E-state index in [2.05, 4.69) is 31.2 Å². The lowest BCUT2D eigenvalue weighted by Gasteiger charge is -2.15. The number of aromatic nitrogens is 2. The molecular weight excluding hydrogens is 332 g/mol. The van der Waals surface area contributed by atoms with Gasteiger partial charge in [-0.05, 0) is 29.7 Å². The zero-order chi connectivity index (χ0) is 17.9. The predicted octanol–water partition coefficient (Wildman–Crippen LogP) is 4.75. The molecule has 0 saturated carbocycles. The summed E-state index contributed by atoms with van der Waals surface area (Å²) in [5.74, 6) is 0.603. The van der Waals surface area contributed by atoms with Gasteiger partial charge < -0.3 is 5.32 Å². The molecule has 2 rings (SSSR count). The Morgan fingerprint density at radius 1 is 1.38 bits per heavy atom. The van der Waals surface area contributed by atoms with Crippen LogP contribution in [0.4, 0.5) is 14.5 Å². The molecule has 0 bridgehead atoms. The summed E-state index contributed by atoms with van der Waals surface area (Å²) in [4.78, 5) is 13.4. The maximum Gasteiger partial charge on any atom is 0.282 e. The average molecular weight is 355 g/mol. The quantitative estimate of drug-likeness (QED) is 0.779. The van der Waals surface area contributed by atoms with E-state index in [-0.39, 0.29) is 23.6 Å². The van der Waals surface area contributed by atoms with Gasteiger partial charge in [-0.15, -0.1) is 11.3 Å². The summed E-state index contributed by atoms with van der Waals surface area (Å²) < 4.78 is 27.2. The number of amides is 1. The Kier molecular flexibility index (Phi) is 6.10. The number of carbonyl (C=O) groups is 1. The van der Waals surface area contributed by atoms with Gasteiger partial charge in [0.2, 0.25) is 5.91 Å². The molecule has 2 aromatic heterocycles. The van der Waals surface area contributed by atoms with Crippen LogP contribution in [0.3, 0.4) is 0 Å². The number of rotatable bonds is 7. The molecule has 0 fully saturated rings. The smallest absolute Gasteiger partial charge is 0.282 e. The number of thiophene rings is 1. The van der Waals surface area contributed by atoms with Crippen molar-refractivity contribution in [2.75, 3.05) is 5.32 Å². The van der Waals surface area contributed by atoms with Gasteiger partial charge in [0.25, 0.3) is 6.43 Å². The normalized spacial score (nSPS) is 12.8. The summed E-state index contributed by atoms with van der Waals surface area (Å²) in [5, 5.41) is 8.53. The summed E-state index contributed by atoms with van der Waals surface area (Å²) in [5.41, 5.74) is 0.712. The molecule has 0 saturated heterocycles. The van der Waals surface area contributed by atoms with Crippen molar-refractivity contribution in [3.8, 4) is 0 Å². The highest BCUT2D eigenvalue weighted by atomic mass is 32.1. The van der Waals surface area contributed by atoms with Crippen molar-refractivity contribution in [3.05, 3.63) is 33.8 Å². The minimum atomic E-state index is -2.68. The molecule has 1 amide bonds. The van der Waals surface area contributed by atoms with Gasteiger partial charge in [0.05, 0.1) is 12.1 Å². The Hall–Kier alpha value is -1.76. The molecular formula is C17H23F2N3OS. The summed E-state index contributed by atoms with van der Waals surface area (Å²) in [6, 6.07) is 1.87. The zero-order valence-corrected chi connectivity index (χ0v) is 15.2. The molecule has 1 atom stereocenters. The zero-order valence-electron chi connectivity index (χ0n) is 14.3. The first-order valence-electron chi connectivity index (χ1n) is 7.95. The van der Waals surface area contributed by atoms with Gasteiger partial charge in [-0.1, -0.05) is 20.8 Å². The van der Waals surface area contributed by atoms with Crippen molar-refractivity contribution >= 4 is 22.9 Å². The maximum atomic E-state index is 13.0.